The van der Waals surface area contributed by atoms with Crippen molar-refractivity contribution in [1.82, 2.24) is 10.2 Å². The van der Waals surface area contributed by atoms with Crippen LogP contribution in [0.1, 0.15) is 46.0 Å². The van der Waals surface area contributed by atoms with Gasteiger partial charge in [-0.2, -0.15) is 0 Å². The van der Waals surface area contributed by atoms with Crippen LogP contribution in [0, 0.1) is 5.92 Å². The molecular formula is C15H30IN3O2S. The van der Waals surface area contributed by atoms with Crippen LogP contribution in [0.3, 0.4) is 0 Å². The average Bonchev–Trinajstić information content (AvgIpc) is 2.91. The molecule has 0 amide bonds. The first kappa shape index (κ1) is 20.0. The van der Waals surface area contributed by atoms with Crippen molar-refractivity contribution in [2.24, 2.45) is 10.9 Å². The normalized spacial score (nSPS) is 24.9. The molecule has 1 N–H and O–H groups in total. The monoisotopic (exact) mass is 443 g/mol. The standard InChI is InChI=1S/C15H29N3O2S.HI/c1-15(2)12-18(10-11-21(15,19)20)14(16-3)17-9-8-13-6-4-5-7-13;/h13H,4-12H2,1-3H3,(H,16,17);1H. The Kier molecular flexibility index (Phi) is 7.42. The summed E-state index contributed by atoms with van der Waals surface area (Å²) in [7, 11) is -1.22. The topological polar surface area (TPSA) is 61.8 Å². The molecule has 130 valence electrons. The number of guanidine groups is 1. The minimum Gasteiger partial charge on any atom is -0.356 e. The highest BCUT2D eigenvalue weighted by atomic mass is 127. The highest BCUT2D eigenvalue weighted by molar-refractivity contribution is 14.0. The van der Waals surface area contributed by atoms with Gasteiger partial charge in [0.05, 0.1) is 10.5 Å². The van der Waals surface area contributed by atoms with Crippen LogP contribution in [0.15, 0.2) is 4.99 Å². The van der Waals surface area contributed by atoms with Crippen molar-refractivity contribution in [1.29, 1.82) is 0 Å². The molecule has 1 saturated carbocycles. The third-order valence-electron chi connectivity index (χ3n) is 4.87. The summed E-state index contributed by atoms with van der Waals surface area (Å²) in [4.78, 5) is 6.40. The Labute approximate surface area is 152 Å². The van der Waals surface area contributed by atoms with Crippen LogP contribution in [-0.2, 0) is 9.84 Å². The van der Waals surface area contributed by atoms with Gasteiger partial charge < -0.3 is 10.2 Å². The van der Waals surface area contributed by atoms with E-state index in [0.717, 1.165) is 18.4 Å². The minimum absolute atomic E-state index is 0. The van der Waals surface area contributed by atoms with Crippen LogP contribution in [-0.4, -0.2) is 56.5 Å². The second-order valence-corrected chi connectivity index (χ2v) is 9.66. The fraction of sp³-hybridized carbons (Fsp3) is 0.933. The number of halogens is 1. The van der Waals surface area contributed by atoms with Crippen molar-refractivity contribution in [3.63, 3.8) is 0 Å². The van der Waals surface area contributed by atoms with Gasteiger partial charge in [-0.05, 0) is 26.2 Å². The Morgan fingerprint density at radius 1 is 1.32 bits per heavy atom. The van der Waals surface area contributed by atoms with Crippen molar-refractivity contribution < 1.29 is 8.42 Å². The molecule has 1 saturated heterocycles. The lowest BCUT2D eigenvalue weighted by Gasteiger charge is -2.39. The van der Waals surface area contributed by atoms with E-state index in [1.807, 2.05) is 0 Å². The van der Waals surface area contributed by atoms with Gasteiger partial charge in [0.1, 0.15) is 0 Å². The number of rotatable bonds is 3. The lowest BCUT2D eigenvalue weighted by atomic mass is 10.0. The first-order chi connectivity index (χ1) is 9.86. The molecule has 2 aliphatic rings. The SMILES string of the molecule is CN=C(NCCC1CCCC1)N1CCS(=O)(=O)C(C)(C)C1.I. The molecule has 1 heterocycles. The lowest BCUT2D eigenvalue weighted by molar-refractivity contribution is 0.351. The molecule has 7 heteroatoms. The minimum atomic E-state index is -2.99. The Balaban J connectivity index is 0.00000242. The molecule has 0 aromatic carbocycles. The Morgan fingerprint density at radius 2 is 1.95 bits per heavy atom. The van der Waals surface area contributed by atoms with Crippen LogP contribution in [0.4, 0.5) is 0 Å². The van der Waals surface area contributed by atoms with E-state index in [-0.39, 0.29) is 29.7 Å². The smallest absolute Gasteiger partial charge is 0.193 e. The van der Waals surface area contributed by atoms with E-state index in [1.54, 1.807) is 20.9 Å². The van der Waals surface area contributed by atoms with Crippen LogP contribution >= 0.6 is 24.0 Å². The van der Waals surface area contributed by atoms with Crippen molar-refractivity contribution in [3.05, 3.63) is 0 Å². The van der Waals surface area contributed by atoms with Crippen LogP contribution < -0.4 is 5.32 Å². The molecule has 0 atom stereocenters. The predicted octanol–water partition coefficient (Wildman–Crippen LogP) is 2.27. The van der Waals surface area contributed by atoms with Gasteiger partial charge in [0.15, 0.2) is 15.8 Å². The third kappa shape index (κ3) is 4.72. The number of hydrogen-bond acceptors (Lipinski definition) is 3. The fourth-order valence-corrected chi connectivity index (χ4v) is 4.71. The molecule has 0 spiro atoms. The van der Waals surface area contributed by atoms with E-state index in [1.165, 1.54) is 32.1 Å². The van der Waals surface area contributed by atoms with E-state index in [4.69, 9.17) is 0 Å². The van der Waals surface area contributed by atoms with Gasteiger partial charge in [0, 0.05) is 26.7 Å². The highest BCUT2D eigenvalue weighted by Gasteiger charge is 2.40. The fourth-order valence-electron chi connectivity index (χ4n) is 3.34. The molecule has 0 unspecified atom stereocenters. The summed E-state index contributed by atoms with van der Waals surface area (Å²) in [6.45, 7) is 5.59. The molecular weight excluding hydrogens is 413 g/mol. The summed E-state index contributed by atoms with van der Waals surface area (Å²) in [6.07, 6.45) is 6.65. The maximum atomic E-state index is 12.1. The second kappa shape index (κ2) is 8.17. The van der Waals surface area contributed by atoms with Gasteiger partial charge in [0.25, 0.3) is 0 Å². The van der Waals surface area contributed by atoms with Gasteiger partial charge in [-0.1, -0.05) is 25.7 Å². The van der Waals surface area contributed by atoms with Gasteiger partial charge in [0.2, 0.25) is 0 Å². The second-order valence-electron chi connectivity index (χ2n) is 6.91. The number of nitrogens with one attached hydrogen (secondary N) is 1. The average molecular weight is 443 g/mol. The van der Waals surface area contributed by atoms with Gasteiger partial charge in [-0.25, -0.2) is 8.42 Å². The molecule has 1 aliphatic carbocycles. The van der Waals surface area contributed by atoms with Crippen molar-refractivity contribution in [2.45, 2.75) is 50.7 Å². The van der Waals surface area contributed by atoms with Crippen molar-refractivity contribution in [3.8, 4) is 0 Å². The number of hydrogen-bond donors (Lipinski definition) is 1. The summed E-state index contributed by atoms with van der Waals surface area (Å²) < 4.78 is 23.4. The number of nitrogens with zero attached hydrogens (tertiary/aromatic N) is 2. The molecule has 5 nitrogen and oxygen atoms in total. The molecule has 0 aromatic rings. The van der Waals surface area contributed by atoms with E-state index in [0.29, 0.717) is 13.1 Å². The highest BCUT2D eigenvalue weighted by Crippen LogP contribution is 2.27. The van der Waals surface area contributed by atoms with Gasteiger partial charge in [-0.15, -0.1) is 24.0 Å². The largest absolute Gasteiger partial charge is 0.356 e. The third-order valence-corrected chi connectivity index (χ3v) is 7.40. The maximum absolute atomic E-state index is 12.1. The van der Waals surface area contributed by atoms with Crippen molar-refractivity contribution in [2.75, 3.05) is 32.4 Å². The summed E-state index contributed by atoms with van der Waals surface area (Å²) in [5.41, 5.74) is 0. The summed E-state index contributed by atoms with van der Waals surface area (Å²) >= 11 is 0. The number of sulfone groups is 1. The molecule has 2 fully saturated rings. The molecule has 0 radical (unpaired) electrons. The molecule has 0 aromatic heterocycles. The Hall–Kier alpha value is -0.0500. The van der Waals surface area contributed by atoms with Crippen LogP contribution in [0.25, 0.3) is 0 Å². The Morgan fingerprint density at radius 3 is 2.50 bits per heavy atom. The summed E-state index contributed by atoms with van der Waals surface area (Å²) in [6, 6.07) is 0. The van der Waals surface area contributed by atoms with Crippen molar-refractivity contribution >= 4 is 39.8 Å². The van der Waals surface area contributed by atoms with E-state index in [9.17, 15) is 8.42 Å². The molecule has 0 bridgehead atoms. The predicted molar refractivity (Wildman–Crippen MR) is 103 cm³/mol. The van der Waals surface area contributed by atoms with E-state index >= 15 is 0 Å². The zero-order valence-corrected chi connectivity index (χ0v) is 17.1. The van der Waals surface area contributed by atoms with Gasteiger partial charge in [-0.3, -0.25) is 4.99 Å². The quantitative estimate of drug-likeness (QED) is 0.413. The van der Waals surface area contributed by atoms with E-state index < -0.39 is 14.6 Å². The zero-order valence-electron chi connectivity index (χ0n) is 14.0. The first-order valence-corrected chi connectivity index (χ1v) is 9.69. The summed E-state index contributed by atoms with van der Waals surface area (Å²) in [5, 5.41) is 3.41. The van der Waals surface area contributed by atoms with E-state index in [2.05, 4.69) is 15.2 Å². The van der Waals surface area contributed by atoms with Gasteiger partial charge >= 0.3 is 0 Å². The maximum Gasteiger partial charge on any atom is 0.193 e. The molecule has 2 rings (SSSR count). The van der Waals surface area contributed by atoms with Crippen LogP contribution in [0.2, 0.25) is 0 Å². The summed E-state index contributed by atoms with van der Waals surface area (Å²) in [5.74, 6) is 1.91. The number of aliphatic imine (C=N–C) groups is 1. The zero-order chi connectivity index (χ0) is 15.5. The molecule has 22 heavy (non-hydrogen) atoms. The molecule has 1 aliphatic heterocycles. The lowest BCUT2D eigenvalue weighted by Crippen LogP contribution is -2.57. The van der Waals surface area contributed by atoms with Crippen LogP contribution in [0.5, 0.6) is 0 Å². The Bertz CT molecular complexity index is 485. The first-order valence-electron chi connectivity index (χ1n) is 8.03.